The molecule has 0 fully saturated rings. The molecule has 5 nitrogen and oxygen atoms in total. The number of aliphatic hydroxyl groups excluding tert-OH is 1. The van der Waals surface area contributed by atoms with Gasteiger partial charge in [0.05, 0.1) is 11.9 Å². The molecule has 2 rings (SSSR count). The number of hydrogen-bond donors (Lipinski definition) is 2. The van der Waals surface area contributed by atoms with Crippen LogP contribution >= 0.6 is 0 Å². The van der Waals surface area contributed by atoms with Crippen LogP contribution in [0.1, 0.15) is 16.1 Å². The Morgan fingerprint density at radius 3 is 2.94 bits per heavy atom. The first-order valence-electron chi connectivity index (χ1n) is 5.22. The highest BCUT2D eigenvalue weighted by Gasteiger charge is 2.11. The molecule has 0 saturated heterocycles. The Morgan fingerprint density at radius 2 is 2.22 bits per heavy atom. The van der Waals surface area contributed by atoms with E-state index in [1.54, 1.807) is 24.3 Å². The third-order valence-corrected chi connectivity index (χ3v) is 2.14. The minimum atomic E-state index is -0.397. The van der Waals surface area contributed by atoms with Gasteiger partial charge >= 0.3 is 0 Å². The average Bonchev–Trinajstić information content (AvgIpc) is 2.91. The van der Waals surface area contributed by atoms with Gasteiger partial charge in [0, 0.05) is 11.6 Å². The molecule has 2 N–H and O–H groups in total. The quantitative estimate of drug-likeness (QED) is 0.778. The summed E-state index contributed by atoms with van der Waals surface area (Å²) in [6.45, 7) is -0.232. The summed E-state index contributed by atoms with van der Waals surface area (Å²) in [5.41, 5.74) is 1.18. The fourth-order valence-electron chi connectivity index (χ4n) is 1.35. The Hall–Kier alpha value is -2.58. The maximum absolute atomic E-state index is 11.8. The number of aliphatic hydroxyl groups is 1. The zero-order valence-electron chi connectivity index (χ0n) is 9.38. The third kappa shape index (κ3) is 2.75. The van der Waals surface area contributed by atoms with Gasteiger partial charge in [-0.2, -0.15) is 0 Å². The van der Waals surface area contributed by atoms with Gasteiger partial charge in [-0.15, -0.1) is 0 Å². The van der Waals surface area contributed by atoms with Gasteiger partial charge in [-0.3, -0.25) is 4.79 Å². The lowest BCUT2D eigenvalue weighted by Gasteiger charge is -2.04. The first-order chi connectivity index (χ1) is 8.81. The summed E-state index contributed by atoms with van der Waals surface area (Å²) >= 11 is 0. The Morgan fingerprint density at radius 1 is 1.39 bits per heavy atom. The summed E-state index contributed by atoms with van der Waals surface area (Å²) in [6.07, 6.45) is 1.40. The molecule has 0 atom stereocenters. The maximum Gasteiger partial charge on any atom is 0.294 e. The van der Waals surface area contributed by atoms with Gasteiger partial charge in [0.25, 0.3) is 5.91 Å². The van der Waals surface area contributed by atoms with Crippen molar-refractivity contribution in [2.45, 2.75) is 0 Å². The number of hydrogen-bond acceptors (Lipinski definition) is 4. The molecule has 0 saturated carbocycles. The Balaban J connectivity index is 2.21. The van der Waals surface area contributed by atoms with Crippen molar-refractivity contribution < 1.29 is 14.4 Å². The standard InChI is InChI=1S/C13H10N2O3/c16-9-3-5-10-4-1-2-6-11(10)15-13(17)12-7-8-14-18-12/h1-2,4,6-8,16H,9H2,(H,15,17). The number of aromatic nitrogens is 1. The zero-order valence-corrected chi connectivity index (χ0v) is 9.38. The van der Waals surface area contributed by atoms with E-state index in [1.165, 1.54) is 12.3 Å². The fraction of sp³-hybridized carbons (Fsp3) is 0.0769. The molecule has 0 aliphatic heterocycles. The molecular formula is C13H10N2O3. The molecule has 0 bridgehead atoms. The van der Waals surface area contributed by atoms with E-state index in [9.17, 15) is 4.79 Å². The van der Waals surface area contributed by atoms with Crippen molar-refractivity contribution in [3.8, 4) is 11.8 Å². The van der Waals surface area contributed by atoms with E-state index in [1.807, 2.05) is 0 Å². The second-order valence-corrected chi connectivity index (χ2v) is 3.34. The van der Waals surface area contributed by atoms with Gasteiger partial charge in [-0.05, 0) is 12.1 Å². The summed E-state index contributed by atoms with van der Waals surface area (Å²) in [4.78, 5) is 11.8. The molecule has 1 heterocycles. The highest BCUT2D eigenvalue weighted by Crippen LogP contribution is 2.14. The van der Waals surface area contributed by atoms with Gasteiger partial charge in [0.2, 0.25) is 5.76 Å². The highest BCUT2D eigenvalue weighted by atomic mass is 16.5. The van der Waals surface area contributed by atoms with Gasteiger partial charge in [0.1, 0.15) is 6.61 Å². The van der Waals surface area contributed by atoms with Crippen molar-refractivity contribution in [1.82, 2.24) is 5.16 Å². The van der Waals surface area contributed by atoms with Crippen molar-refractivity contribution in [3.05, 3.63) is 47.9 Å². The second kappa shape index (κ2) is 5.66. The summed E-state index contributed by atoms with van der Waals surface area (Å²) in [6, 6.07) is 8.51. The lowest BCUT2D eigenvalue weighted by atomic mass is 10.2. The van der Waals surface area contributed by atoms with Crippen LogP contribution in [-0.2, 0) is 0 Å². The largest absolute Gasteiger partial charge is 0.384 e. The monoisotopic (exact) mass is 242 g/mol. The van der Waals surface area contributed by atoms with E-state index >= 15 is 0 Å². The summed E-state index contributed by atoms with van der Waals surface area (Å²) in [5.74, 6) is 5.01. The van der Waals surface area contributed by atoms with Crippen LogP contribution in [0.4, 0.5) is 5.69 Å². The van der Waals surface area contributed by atoms with Gasteiger partial charge in [0.15, 0.2) is 0 Å². The van der Waals surface area contributed by atoms with Crippen LogP contribution in [0, 0.1) is 11.8 Å². The minimum absolute atomic E-state index is 0.125. The molecule has 1 aromatic carbocycles. The first-order valence-corrected chi connectivity index (χ1v) is 5.22. The average molecular weight is 242 g/mol. The lowest BCUT2D eigenvalue weighted by Crippen LogP contribution is -2.11. The lowest BCUT2D eigenvalue weighted by molar-refractivity contribution is 0.0988. The molecule has 1 amide bonds. The number of para-hydroxylation sites is 1. The normalized spacial score (nSPS) is 9.39. The number of nitrogens with one attached hydrogen (secondary N) is 1. The molecule has 90 valence electrons. The van der Waals surface area contributed by atoms with Crippen molar-refractivity contribution in [3.63, 3.8) is 0 Å². The molecule has 2 aromatic rings. The number of anilines is 1. The van der Waals surface area contributed by atoms with Crippen molar-refractivity contribution in [1.29, 1.82) is 0 Å². The number of nitrogens with zero attached hydrogens (tertiary/aromatic N) is 1. The van der Waals surface area contributed by atoms with Crippen LogP contribution in [0.5, 0.6) is 0 Å². The predicted octanol–water partition coefficient (Wildman–Crippen LogP) is 1.27. The Labute approximate surface area is 103 Å². The molecule has 0 aliphatic carbocycles. The Bertz CT molecular complexity index is 594. The van der Waals surface area contributed by atoms with Crippen LogP contribution < -0.4 is 5.32 Å². The molecule has 5 heteroatoms. The van der Waals surface area contributed by atoms with Crippen LogP contribution in [-0.4, -0.2) is 22.8 Å². The number of carbonyl (C=O) groups excluding carboxylic acids is 1. The van der Waals surface area contributed by atoms with Crippen LogP contribution in [0.2, 0.25) is 0 Å². The van der Waals surface area contributed by atoms with Crippen LogP contribution in [0.25, 0.3) is 0 Å². The number of rotatable bonds is 2. The summed E-state index contributed by atoms with van der Waals surface area (Å²) in [5, 5.41) is 14.8. The molecule has 0 unspecified atom stereocenters. The van der Waals surface area contributed by atoms with Gasteiger partial charge < -0.3 is 14.9 Å². The molecule has 0 aliphatic rings. The van der Waals surface area contributed by atoms with Crippen molar-refractivity contribution >= 4 is 11.6 Å². The number of amides is 1. The van der Waals surface area contributed by atoms with E-state index in [2.05, 4.69) is 22.3 Å². The third-order valence-electron chi connectivity index (χ3n) is 2.14. The van der Waals surface area contributed by atoms with E-state index in [0.717, 1.165) is 0 Å². The summed E-state index contributed by atoms with van der Waals surface area (Å²) in [7, 11) is 0. The topological polar surface area (TPSA) is 75.4 Å². The smallest absolute Gasteiger partial charge is 0.294 e. The molecular weight excluding hydrogens is 232 g/mol. The van der Waals surface area contributed by atoms with Crippen molar-refractivity contribution in [2.75, 3.05) is 11.9 Å². The van der Waals surface area contributed by atoms with Gasteiger partial charge in [-0.25, -0.2) is 0 Å². The van der Waals surface area contributed by atoms with E-state index in [4.69, 9.17) is 9.63 Å². The van der Waals surface area contributed by atoms with Crippen molar-refractivity contribution in [2.24, 2.45) is 0 Å². The second-order valence-electron chi connectivity index (χ2n) is 3.34. The van der Waals surface area contributed by atoms with Crippen LogP contribution in [0.3, 0.4) is 0 Å². The predicted molar refractivity (Wildman–Crippen MR) is 64.9 cm³/mol. The van der Waals surface area contributed by atoms with Crippen LogP contribution in [0.15, 0.2) is 41.1 Å². The Kier molecular flexibility index (Phi) is 3.74. The minimum Gasteiger partial charge on any atom is -0.384 e. The SMILES string of the molecule is O=C(Nc1ccccc1C#CCO)c1ccno1. The van der Waals surface area contributed by atoms with E-state index in [-0.39, 0.29) is 12.4 Å². The van der Waals surface area contributed by atoms with Gasteiger partial charge in [-0.1, -0.05) is 29.1 Å². The number of carbonyl (C=O) groups is 1. The zero-order chi connectivity index (χ0) is 12.8. The molecule has 1 aromatic heterocycles. The molecule has 0 radical (unpaired) electrons. The van der Waals surface area contributed by atoms with E-state index < -0.39 is 5.91 Å². The highest BCUT2D eigenvalue weighted by molar-refractivity contribution is 6.02. The fourth-order valence-corrected chi connectivity index (χ4v) is 1.35. The number of benzene rings is 1. The summed E-state index contributed by atoms with van der Waals surface area (Å²) < 4.78 is 4.75. The molecule has 0 spiro atoms. The molecule has 18 heavy (non-hydrogen) atoms. The van der Waals surface area contributed by atoms with E-state index in [0.29, 0.717) is 11.3 Å². The first kappa shape index (κ1) is 11.9. The maximum atomic E-state index is 11.8.